The molecule has 3 rings (SSSR count). The van der Waals surface area contributed by atoms with Crippen LogP contribution in [0.15, 0.2) is 93.5 Å². The van der Waals surface area contributed by atoms with Gasteiger partial charge in [0.15, 0.2) is 0 Å². The molecule has 0 spiro atoms. The Morgan fingerprint density at radius 2 is 1.24 bits per heavy atom. The van der Waals surface area contributed by atoms with Gasteiger partial charge in [-0.3, -0.25) is 14.0 Å². The lowest BCUT2D eigenvalue weighted by molar-refractivity contribution is 0.570. The summed E-state index contributed by atoms with van der Waals surface area (Å²) in [4.78, 5) is -0.148. The van der Waals surface area contributed by atoms with Gasteiger partial charge in [-0.05, 0) is 42.5 Å². The van der Waals surface area contributed by atoms with Gasteiger partial charge in [0, 0.05) is 0 Å². The number of nitrogens with one attached hydrogen (secondary N) is 2. The van der Waals surface area contributed by atoms with Gasteiger partial charge in [-0.25, -0.2) is 21.0 Å². The van der Waals surface area contributed by atoms with E-state index in [0.717, 1.165) is 6.07 Å². The van der Waals surface area contributed by atoms with E-state index in [1.807, 2.05) is 0 Å². The van der Waals surface area contributed by atoms with E-state index < -0.39 is 31.1 Å². The fourth-order valence-corrected chi connectivity index (χ4v) is 5.26. The van der Waals surface area contributed by atoms with E-state index in [4.69, 9.17) is 0 Å². The van der Waals surface area contributed by atoms with Crippen LogP contribution in [-0.4, -0.2) is 25.6 Å². The van der Waals surface area contributed by atoms with Crippen LogP contribution in [0.5, 0.6) is 0 Å². The SMILES string of the molecule is O=S(O)Nc1cc(S(=O)(=O)c2ccccc2)ccc1NS(=O)(=O)c1ccccc1. The van der Waals surface area contributed by atoms with Crippen LogP contribution in [0.25, 0.3) is 0 Å². The van der Waals surface area contributed by atoms with Crippen molar-refractivity contribution in [2.24, 2.45) is 0 Å². The second kappa shape index (κ2) is 8.33. The quantitative estimate of drug-likeness (QED) is 0.473. The van der Waals surface area contributed by atoms with Crippen molar-refractivity contribution >= 4 is 42.5 Å². The van der Waals surface area contributed by atoms with Crippen molar-refractivity contribution in [3.05, 3.63) is 78.9 Å². The number of sulfonamides is 1. The molecule has 1 atom stereocenters. The summed E-state index contributed by atoms with van der Waals surface area (Å²) in [5.41, 5.74) is -0.245. The molecule has 0 aromatic heterocycles. The number of sulfone groups is 1. The Kier molecular flexibility index (Phi) is 6.03. The number of anilines is 2. The van der Waals surface area contributed by atoms with Crippen molar-refractivity contribution in [2.75, 3.05) is 9.44 Å². The first-order chi connectivity index (χ1) is 13.7. The van der Waals surface area contributed by atoms with E-state index in [9.17, 15) is 25.6 Å². The number of hydrogen-bond acceptors (Lipinski definition) is 5. The number of benzene rings is 3. The molecule has 0 radical (unpaired) electrons. The summed E-state index contributed by atoms with van der Waals surface area (Å²) in [6.45, 7) is 0. The summed E-state index contributed by atoms with van der Waals surface area (Å²) < 4.78 is 75.6. The minimum absolute atomic E-state index is 0.0166. The van der Waals surface area contributed by atoms with Crippen molar-refractivity contribution in [1.82, 2.24) is 0 Å². The highest BCUT2D eigenvalue weighted by molar-refractivity contribution is 7.92. The van der Waals surface area contributed by atoms with Crippen LogP contribution >= 0.6 is 0 Å². The van der Waals surface area contributed by atoms with Crippen LogP contribution in [0, 0.1) is 0 Å². The summed E-state index contributed by atoms with van der Waals surface area (Å²) in [6.07, 6.45) is 0. The largest absolute Gasteiger partial charge is 0.289 e. The molecule has 0 saturated carbocycles. The predicted molar refractivity (Wildman–Crippen MR) is 110 cm³/mol. The van der Waals surface area contributed by atoms with Crippen molar-refractivity contribution in [2.45, 2.75) is 14.7 Å². The highest BCUT2D eigenvalue weighted by atomic mass is 32.2. The molecule has 0 bridgehead atoms. The molecule has 0 heterocycles. The van der Waals surface area contributed by atoms with E-state index in [-0.39, 0.29) is 26.1 Å². The Morgan fingerprint density at radius 3 is 1.79 bits per heavy atom. The lowest BCUT2D eigenvalue weighted by Crippen LogP contribution is -2.15. The first-order valence-corrected chi connectivity index (χ1v) is 12.2. The van der Waals surface area contributed by atoms with Gasteiger partial charge in [-0.1, -0.05) is 36.4 Å². The van der Waals surface area contributed by atoms with Crippen LogP contribution in [0.2, 0.25) is 0 Å². The lowest BCUT2D eigenvalue weighted by atomic mass is 10.3. The standard InChI is InChI=1S/C18H16N2O6S3/c21-27(22)19-18-13-16(28(23,24)14-7-3-1-4-8-14)11-12-17(18)20-29(25,26)15-9-5-2-6-10-15/h1-13,19-20H,(H,21,22). The van der Waals surface area contributed by atoms with Gasteiger partial charge in [-0.15, -0.1) is 0 Å². The second-order valence-corrected chi connectivity index (χ2v) is 10.1. The molecule has 3 aromatic carbocycles. The van der Waals surface area contributed by atoms with E-state index >= 15 is 0 Å². The molecular weight excluding hydrogens is 436 g/mol. The van der Waals surface area contributed by atoms with Gasteiger partial charge >= 0.3 is 0 Å². The molecule has 0 aliphatic carbocycles. The van der Waals surface area contributed by atoms with E-state index in [1.165, 1.54) is 36.4 Å². The normalized spacial score (nSPS) is 12.9. The highest BCUT2D eigenvalue weighted by Crippen LogP contribution is 2.30. The zero-order chi connectivity index (χ0) is 21.1. The third-order valence-corrected chi connectivity index (χ3v) is 7.39. The molecule has 29 heavy (non-hydrogen) atoms. The number of rotatable bonds is 7. The average molecular weight is 453 g/mol. The summed E-state index contributed by atoms with van der Waals surface area (Å²) in [5.74, 6) is 0. The van der Waals surface area contributed by atoms with Crippen molar-refractivity contribution in [3.8, 4) is 0 Å². The van der Waals surface area contributed by atoms with E-state index in [0.29, 0.717) is 0 Å². The minimum Gasteiger partial charge on any atom is -0.289 e. The van der Waals surface area contributed by atoms with E-state index in [1.54, 1.807) is 36.4 Å². The first kappa shape index (κ1) is 21.0. The Balaban J connectivity index is 2.05. The molecule has 0 aliphatic heterocycles. The molecule has 152 valence electrons. The summed E-state index contributed by atoms with van der Waals surface area (Å²) in [6, 6.07) is 18.7. The third kappa shape index (κ3) is 4.82. The van der Waals surface area contributed by atoms with Crippen LogP contribution in [-0.2, 0) is 31.1 Å². The molecule has 0 saturated heterocycles. The minimum atomic E-state index is -3.99. The second-order valence-electron chi connectivity index (χ2n) is 5.79. The van der Waals surface area contributed by atoms with E-state index in [2.05, 4.69) is 9.44 Å². The zero-order valence-corrected chi connectivity index (χ0v) is 17.2. The Morgan fingerprint density at radius 1 is 0.690 bits per heavy atom. The molecule has 11 heteroatoms. The molecule has 1 unspecified atom stereocenters. The molecule has 3 N–H and O–H groups in total. The smallest absolute Gasteiger partial charge is 0.261 e. The maximum Gasteiger partial charge on any atom is 0.261 e. The maximum absolute atomic E-state index is 12.8. The first-order valence-electron chi connectivity index (χ1n) is 8.10. The molecule has 3 aromatic rings. The fourth-order valence-electron chi connectivity index (χ4n) is 2.50. The predicted octanol–water partition coefficient (Wildman–Crippen LogP) is 2.87. The summed E-state index contributed by atoms with van der Waals surface area (Å²) in [5, 5.41) is 0. The van der Waals surface area contributed by atoms with Gasteiger partial charge in [-0.2, -0.15) is 0 Å². The molecular formula is C18H16N2O6S3. The van der Waals surface area contributed by atoms with Gasteiger partial charge in [0.25, 0.3) is 21.3 Å². The topological polar surface area (TPSA) is 130 Å². The van der Waals surface area contributed by atoms with Gasteiger partial charge < -0.3 is 0 Å². The molecule has 0 amide bonds. The van der Waals surface area contributed by atoms with Crippen molar-refractivity contribution < 1.29 is 25.6 Å². The molecule has 0 fully saturated rings. The van der Waals surface area contributed by atoms with Gasteiger partial charge in [0.05, 0.1) is 26.1 Å². The number of hydrogen-bond donors (Lipinski definition) is 3. The van der Waals surface area contributed by atoms with Crippen LogP contribution < -0.4 is 9.44 Å². The molecule has 8 nitrogen and oxygen atoms in total. The molecule has 0 aliphatic rings. The fraction of sp³-hybridized carbons (Fsp3) is 0. The maximum atomic E-state index is 12.8. The Bertz CT molecular complexity index is 1250. The summed E-state index contributed by atoms with van der Waals surface area (Å²) in [7, 11) is -7.90. The lowest BCUT2D eigenvalue weighted by Gasteiger charge is -2.14. The van der Waals surface area contributed by atoms with Crippen molar-refractivity contribution in [3.63, 3.8) is 0 Å². The van der Waals surface area contributed by atoms with Crippen molar-refractivity contribution in [1.29, 1.82) is 0 Å². The van der Waals surface area contributed by atoms with Crippen LogP contribution in [0.1, 0.15) is 0 Å². The highest BCUT2D eigenvalue weighted by Gasteiger charge is 2.21. The van der Waals surface area contributed by atoms with Gasteiger partial charge in [0.1, 0.15) is 0 Å². The summed E-state index contributed by atoms with van der Waals surface area (Å²) >= 11 is -2.56. The Hall–Kier alpha value is -2.73. The van der Waals surface area contributed by atoms with Crippen LogP contribution in [0.3, 0.4) is 0 Å². The van der Waals surface area contributed by atoms with Gasteiger partial charge in [0.2, 0.25) is 9.84 Å². The average Bonchev–Trinajstić information content (AvgIpc) is 2.70. The monoisotopic (exact) mass is 452 g/mol. The van der Waals surface area contributed by atoms with Crippen LogP contribution in [0.4, 0.5) is 11.4 Å². The zero-order valence-electron chi connectivity index (χ0n) is 14.7. The third-order valence-electron chi connectivity index (χ3n) is 3.85. The Labute approximate surface area is 171 Å².